The van der Waals surface area contributed by atoms with Gasteiger partial charge in [-0.1, -0.05) is 29.8 Å². The number of hydrogen-bond donors (Lipinski definition) is 5. The summed E-state index contributed by atoms with van der Waals surface area (Å²) < 4.78 is 13.5. The highest BCUT2D eigenvalue weighted by molar-refractivity contribution is 7.58. The third-order valence-electron chi connectivity index (χ3n) is 4.52. The second-order valence-electron chi connectivity index (χ2n) is 7.05. The van der Waals surface area contributed by atoms with Gasteiger partial charge in [-0.2, -0.15) is 0 Å². The SMILES string of the molecule is CP(=O)(O)C(C(=O)N/C=C/c1ccccc1NC(=O)NC(N)=O)c1csc2ccc(Cl)cc12. The van der Waals surface area contributed by atoms with E-state index in [0.29, 0.717) is 27.2 Å². The van der Waals surface area contributed by atoms with E-state index in [4.69, 9.17) is 17.3 Å². The predicted molar refractivity (Wildman–Crippen MR) is 131 cm³/mol. The Kier molecular flexibility index (Phi) is 7.55. The minimum absolute atomic E-state index is 0.347. The fourth-order valence-electron chi connectivity index (χ4n) is 3.16. The van der Waals surface area contributed by atoms with Crippen LogP contribution in [0.25, 0.3) is 16.2 Å². The number of thiophene rings is 1. The molecular weight excluding hydrogens is 487 g/mol. The van der Waals surface area contributed by atoms with Crippen molar-refractivity contribution < 1.29 is 23.8 Å². The lowest BCUT2D eigenvalue weighted by atomic mass is 10.1. The third kappa shape index (κ3) is 6.21. The fraction of sp³-hybridized carbons (Fsp3) is 0.0952. The van der Waals surface area contributed by atoms with E-state index in [1.54, 1.807) is 47.8 Å². The maximum absolute atomic E-state index is 12.9. The monoisotopic (exact) mass is 506 g/mol. The smallest absolute Gasteiger partial charge is 0.327 e. The lowest BCUT2D eigenvalue weighted by molar-refractivity contribution is -0.120. The Bertz CT molecular complexity index is 1300. The first-order valence-corrected chi connectivity index (χ1v) is 12.9. The van der Waals surface area contributed by atoms with Crippen LogP contribution in [-0.2, 0) is 9.36 Å². The van der Waals surface area contributed by atoms with Gasteiger partial charge in [-0.05, 0) is 52.2 Å². The van der Waals surface area contributed by atoms with Crippen LogP contribution in [0.2, 0.25) is 5.02 Å². The summed E-state index contributed by atoms with van der Waals surface area (Å²) in [5, 5.41) is 9.66. The molecule has 0 saturated heterocycles. The molecule has 0 bridgehead atoms. The zero-order valence-electron chi connectivity index (χ0n) is 17.2. The van der Waals surface area contributed by atoms with E-state index < -0.39 is 31.0 Å². The van der Waals surface area contributed by atoms with Crippen LogP contribution in [0.1, 0.15) is 16.8 Å². The number of imide groups is 1. The van der Waals surface area contributed by atoms with E-state index in [0.717, 1.165) is 11.4 Å². The highest BCUT2D eigenvalue weighted by Crippen LogP contribution is 2.54. The number of anilines is 1. The van der Waals surface area contributed by atoms with Gasteiger partial charge in [0.1, 0.15) is 5.66 Å². The molecule has 172 valence electrons. The molecule has 2 atom stereocenters. The number of primary amides is 1. The quantitative estimate of drug-likeness (QED) is 0.312. The van der Waals surface area contributed by atoms with Gasteiger partial charge in [0.05, 0.1) is 0 Å². The Morgan fingerprint density at radius 1 is 1.21 bits per heavy atom. The van der Waals surface area contributed by atoms with Crippen LogP contribution in [-0.4, -0.2) is 29.5 Å². The standard InChI is InChI=1S/C21H20ClN4O5PS/c1-32(30,31)18(15-11-33-17-7-6-13(22)10-14(15)17)19(27)24-9-8-12-4-2-3-5-16(12)25-21(29)26-20(23)28/h2-11,18H,1H3,(H,24,27)(H,30,31)(H4,23,25,26,28,29)/b9-8+. The molecule has 1 heterocycles. The maximum Gasteiger partial charge on any atom is 0.327 e. The van der Waals surface area contributed by atoms with Crippen molar-refractivity contribution in [2.75, 3.05) is 12.0 Å². The van der Waals surface area contributed by atoms with Crippen LogP contribution in [0, 0.1) is 0 Å². The molecule has 0 spiro atoms. The molecular formula is C21H20ClN4O5PS. The van der Waals surface area contributed by atoms with Gasteiger partial charge in [0.2, 0.25) is 13.3 Å². The van der Waals surface area contributed by atoms with Crippen LogP contribution in [0.5, 0.6) is 0 Å². The van der Waals surface area contributed by atoms with Gasteiger partial charge in [0, 0.05) is 28.3 Å². The van der Waals surface area contributed by atoms with Gasteiger partial charge in [-0.3, -0.25) is 14.7 Å². The Morgan fingerprint density at radius 3 is 2.64 bits per heavy atom. The molecule has 1 aromatic heterocycles. The van der Waals surface area contributed by atoms with Gasteiger partial charge in [-0.15, -0.1) is 11.3 Å². The van der Waals surface area contributed by atoms with Crippen LogP contribution in [0.3, 0.4) is 0 Å². The van der Waals surface area contributed by atoms with Gasteiger partial charge in [-0.25, -0.2) is 9.59 Å². The lowest BCUT2D eigenvalue weighted by Gasteiger charge is -2.18. The summed E-state index contributed by atoms with van der Waals surface area (Å²) >= 11 is 7.43. The number of fused-ring (bicyclic) bond motifs is 1. The van der Waals surface area contributed by atoms with Gasteiger partial charge in [0.25, 0.3) is 0 Å². The molecule has 3 aromatic rings. The molecule has 0 radical (unpaired) electrons. The van der Waals surface area contributed by atoms with Crippen LogP contribution in [0.15, 0.2) is 54.0 Å². The van der Waals surface area contributed by atoms with Gasteiger partial charge >= 0.3 is 12.1 Å². The molecule has 0 aliphatic heterocycles. The number of hydrogen-bond acceptors (Lipinski definition) is 5. The number of rotatable bonds is 6. The lowest BCUT2D eigenvalue weighted by Crippen LogP contribution is -2.38. The first-order valence-electron chi connectivity index (χ1n) is 9.46. The molecule has 12 heteroatoms. The summed E-state index contributed by atoms with van der Waals surface area (Å²) in [7, 11) is -3.89. The summed E-state index contributed by atoms with van der Waals surface area (Å²) in [4.78, 5) is 45.8. The van der Waals surface area contributed by atoms with Crippen molar-refractivity contribution in [2.24, 2.45) is 5.73 Å². The molecule has 5 amide bonds. The third-order valence-corrected chi connectivity index (χ3v) is 7.21. The number of urea groups is 2. The average molecular weight is 507 g/mol. The first-order chi connectivity index (χ1) is 15.6. The van der Waals surface area contributed by atoms with Crippen LogP contribution < -0.4 is 21.7 Å². The van der Waals surface area contributed by atoms with Gasteiger partial charge < -0.3 is 21.3 Å². The highest BCUT2D eigenvalue weighted by atomic mass is 35.5. The minimum Gasteiger partial charge on any atom is -0.351 e. The van der Waals surface area contributed by atoms with Crippen molar-refractivity contribution in [3.8, 4) is 0 Å². The summed E-state index contributed by atoms with van der Waals surface area (Å²) in [6.07, 6.45) is 2.80. The molecule has 2 aromatic carbocycles. The summed E-state index contributed by atoms with van der Waals surface area (Å²) in [5.74, 6) is -0.670. The highest BCUT2D eigenvalue weighted by Gasteiger charge is 2.36. The first kappa shape index (κ1) is 24.5. The number of carbonyl (C=O) groups excluding carboxylic acids is 3. The number of halogens is 1. The average Bonchev–Trinajstić information content (AvgIpc) is 3.10. The van der Waals surface area contributed by atoms with Crippen molar-refractivity contribution in [3.05, 3.63) is 70.2 Å². The van der Waals surface area contributed by atoms with Crippen LogP contribution in [0.4, 0.5) is 15.3 Å². The van der Waals surface area contributed by atoms with E-state index >= 15 is 0 Å². The number of benzene rings is 2. The molecule has 0 aliphatic carbocycles. The molecule has 0 aliphatic rings. The Hall–Kier alpha value is -3.17. The zero-order valence-corrected chi connectivity index (χ0v) is 19.7. The van der Waals surface area contributed by atoms with E-state index in [-0.39, 0.29) is 0 Å². The van der Waals surface area contributed by atoms with Crippen molar-refractivity contribution >= 4 is 70.1 Å². The van der Waals surface area contributed by atoms with E-state index in [1.807, 2.05) is 5.32 Å². The molecule has 0 fully saturated rings. The number of amides is 5. The van der Waals surface area contributed by atoms with E-state index in [1.165, 1.54) is 23.6 Å². The molecule has 9 nitrogen and oxygen atoms in total. The molecule has 6 N–H and O–H groups in total. The zero-order chi connectivity index (χ0) is 24.2. The number of nitrogens with two attached hydrogens (primary N) is 1. The van der Waals surface area contributed by atoms with E-state index in [2.05, 4.69) is 10.6 Å². The molecule has 3 rings (SSSR count). The number of para-hydroxylation sites is 1. The molecule has 2 unspecified atom stereocenters. The predicted octanol–water partition coefficient (Wildman–Crippen LogP) is 4.48. The topological polar surface area (TPSA) is 151 Å². The number of carbonyl (C=O) groups is 3. The fourth-order valence-corrected chi connectivity index (χ4v) is 5.64. The molecule has 33 heavy (non-hydrogen) atoms. The maximum atomic E-state index is 12.9. The molecule has 0 saturated carbocycles. The number of nitrogens with one attached hydrogen (secondary N) is 3. The summed E-state index contributed by atoms with van der Waals surface area (Å²) in [6.45, 7) is 1.13. The van der Waals surface area contributed by atoms with Crippen molar-refractivity contribution in [1.29, 1.82) is 0 Å². The Balaban J connectivity index is 1.82. The minimum atomic E-state index is -3.89. The van der Waals surface area contributed by atoms with Crippen molar-refractivity contribution in [2.45, 2.75) is 5.66 Å². The largest absolute Gasteiger partial charge is 0.351 e. The van der Waals surface area contributed by atoms with Gasteiger partial charge in [0.15, 0.2) is 0 Å². The van der Waals surface area contributed by atoms with Crippen molar-refractivity contribution in [1.82, 2.24) is 10.6 Å². The Morgan fingerprint density at radius 2 is 1.94 bits per heavy atom. The summed E-state index contributed by atoms with van der Waals surface area (Å²) in [6, 6.07) is 9.95. The van der Waals surface area contributed by atoms with Crippen molar-refractivity contribution in [3.63, 3.8) is 0 Å². The normalized spacial score (nSPS) is 13.9. The second-order valence-corrected chi connectivity index (χ2v) is 10.8. The van der Waals surface area contributed by atoms with Crippen LogP contribution >= 0.6 is 30.3 Å². The second kappa shape index (κ2) is 10.2. The summed E-state index contributed by atoms with van der Waals surface area (Å²) in [5.41, 5.74) is 4.89. The Labute approximate surface area is 198 Å². The van der Waals surface area contributed by atoms with E-state index in [9.17, 15) is 23.8 Å².